The lowest BCUT2D eigenvalue weighted by Gasteiger charge is -2.61. The Kier molecular flexibility index (Phi) is 4.99. The molecule has 1 N–H and O–H groups in total. The van der Waals surface area contributed by atoms with Gasteiger partial charge in [0.1, 0.15) is 6.04 Å². The van der Waals surface area contributed by atoms with Crippen LogP contribution in [0.1, 0.15) is 91.5 Å². The maximum Gasteiger partial charge on any atom is 0.163 e. The topological polar surface area (TPSA) is 68.0 Å². The van der Waals surface area contributed by atoms with Crippen LogP contribution in [0.4, 0.5) is 0 Å². The fourth-order valence-corrected chi connectivity index (χ4v) is 9.37. The molecule has 34 heavy (non-hydrogen) atoms. The lowest BCUT2D eigenvalue weighted by atomic mass is 9.44. The van der Waals surface area contributed by atoms with Crippen LogP contribution in [-0.2, 0) is 4.79 Å². The Morgan fingerprint density at radius 3 is 2.71 bits per heavy atom. The van der Waals surface area contributed by atoms with Gasteiger partial charge in [-0.2, -0.15) is 0 Å². The zero-order valence-corrected chi connectivity index (χ0v) is 21.2. The zero-order chi connectivity index (χ0) is 23.9. The summed E-state index contributed by atoms with van der Waals surface area (Å²) in [5.41, 5.74) is 1.50. The number of hydrogen-bond acceptors (Lipinski definition) is 4. The van der Waals surface area contributed by atoms with Crippen molar-refractivity contribution in [1.82, 2.24) is 15.0 Å². The molecule has 9 atom stereocenters. The lowest BCUT2D eigenvalue weighted by molar-refractivity contribution is -0.151. The van der Waals surface area contributed by atoms with E-state index in [0.717, 1.165) is 49.5 Å². The van der Waals surface area contributed by atoms with Crippen LogP contribution in [0.25, 0.3) is 11.0 Å². The van der Waals surface area contributed by atoms with Crippen LogP contribution in [0.5, 0.6) is 0 Å². The van der Waals surface area contributed by atoms with Crippen molar-refractivity contribution in [3.05, 3.63) is 24.3 Å². The quantitative estimate of drug-likeness (QED) is 0.649. The first-order chi connectivity index (χ1) is 16.1. The van der Waals surface area contributed by atoms with Crippen LogP contribution >= 0.6 is 0 Å². The Balaban J connectivity index is 1.25. The summed E-state index contributed by atoms with van der Waals surface area (Å²) in [6.45, 7) is 9.00. The first-order valence-corrected chi connectivity index (χ1v) is 13.5. The van der Waals surface area contributed by atoms with Gasteiger partial charge in [-0.1, -0.05) is 25.1 Å². The standard InChI is InChI=1S/C29H39N3O2/c1-18(32-25-8-6-5-7-24(25)30-31-32)26(33)23-12-11-21-20-10-9-19-17-27(2,34)15-16-28(19,3)22(20)13-14-29(21,23)4/h6,8,18-23,34H,9-17H2,1-4H3/t18-,19-,20-,21-,22-,23+,27+,28-,29-/m0/s1. The predicted octanol–water partition coefficient (Wildman–Crippen LogP) is 5.57. The Morgan fingerprint density at radius 1 is 1.09 bits per heavy atom. The maximum absolute atomic E-state index is 13.9. The molecule has 4 saturated carbocycles. The highest BCUT2D eigenvalue weighted by atomic mass is 16.3. The molecule has 4 fully saturated rings. The third kappa shape index (κ3) is 3.13. The second-order valence-electron chi connectivity index (χ2n) is 13.0. The van der Waals surface area contributed by atoms with Gasteiger partial charge in [0.15, 0.2) is 11.3 Å². The monoisotopic (exact) mass is 461 g/mol. The van der Waals surface area contributed by atoms with Gasteiger partial charge in [-0.25, -0.2) is 4.68 Å². The molecule has 4 aliphatic rings. The molecule has 0 spiro atoms. The van der Waals surface area contributed by atoms with Crippen molar-refractivity contribution in [2.45, 2.75) is 97.1 Å². The molecule has 1 aromatic carbocycles. The third-order valence-electron chi connectivity index (χ3n) is 11.3. The molecule has 0 bridgehead atoms. The molecule has 0 amide bonds. The fourth-order valence-electron chi connectivity index (χ4n) is 9.37. The van der Waals surface area contributed by atoms with Gasteiger partial charge in [-0.05, 0) is 124 Å². The molecule has 0 unspecified atom stereocenters. The smallest absolute Gasteiger partial charge is 0.163 e. The summed E-state index contributed by atoms with van der Waals surface area (Å²) in [5.74, 6) is 3.20. The number of nitrogens with zero attached hydrogens (tertiary/aromatic N) is 3. The van der Waals surface area contributed by atoms with E-state index in [2.05, 4.69) is 36.3 Å². The van der Waals surface area contributed by atoms with Gasteiger partial charge in [0, 0.05) is 5.92 Å². The fraction of sp³-hybridized carbons (Fsp3) is 0.759. The summed E-state index contributed by atoms with van der Waals surface area (Å²) in [5, 5.41) is 19.3. The highest BCUT2D eigenvalue weighted by molar-refractivity contribution is 5.87. The molecule has 1 heterocycles. The van der Waals surface area contributed by atoms with E-state index in [0.29, 0.717) is 28.6 Å². The normalized spacial score (nSPS) is 44.6. The lowest BCUT2D eigenvalue weighted by Crippen LogP contribution is -2.55. The van der Waals surface area contributed by atoms with Crippen LogP contribution in [-0.4, -0.2) is 31.5 Å². The molecule has 5 nitrogen and oxygen atoms in total. The Morgan fingerprint density at radius 2 is 1.88 bits per heavy atom. The van der Waals surface area contributed by atoms with Crippen molar-refractivity contribution in [3.8, 4) is 0 Å². The van der Waals surface area contributed by atoms with Crippen molar-refractivity contribution in [3.63, 3.8) is 0 Å². The Labute approximate surface area is 203 Å². The van der Waals surface area contributed by atoms with Crippen molar-refractivity contribution in [2.75, 3.05) is 0 Å². The van der Waals surface area contributed by atoms with Gasteiger partial charge in [0.25, 0.3) is 0 Å². The molecule has 0 saturated heterocycles. The zero-order valence-electron chi connectivity index (χ0n) is 21.2. The summed E-state index contributed by atoms with van der Waals surface area (Å²) >= 11 is 0. The summed E-state index contributed by atoms with van der Waals surface area (Å²) in [4.78, 5) is 13.9. The van der Waals surface area contributed by atoms with E-state index in [9.17, 15) is 9.90 Å². The van der Waals surface area contributed by atoms with Gasteiger partial charge in [-0.15, -0.1) is 5.10 Å². The average Bonchev–Trinajstić information content (AvgIpc) is 3.39. The number of ketones is 1. The molecule has 4 aliphatic carbocycles. The molecule has 6 rings (SSSR count). The first-order valence-electron chi connectivity index (χ1n) is 13.5. The number of Topliss-reactive ketones (excluding diaryl/α,β-unsaturated/α-hetero) is 1. The number of aromatic nitrogens is 3. The number of hydrogen-bond donors (Lipinski definition) is 1. The van der Waals surface area contributed by atoms with Crippen molar-refractivity contribution in [2.24, 2.45) is 40.4 Å². The van der Waals surface area contributed by atoms with E-state index in [1.54, 1.807) is 4.68 Å². The van der Waals surface area contributed by atoms with Gasteiger partial charge in [-0.3, -0.25) is 4.79 Å². The van der Waals surface area contributed by atoms with Crippen LogP contribution in [0, 0.1) is 52.6 Å². The number of rotatable bonds is 3. The number of aliphatic hydroxyl groups is 1. The average molecular weight is 462 g/mol. The molecule has 182 valence electrons. The maximum atomic E-state index is 13.9. The summed E-state index contributed by atoms with van der Waals surface area (Å²) in [7, 11) is 0. The first kappa shape index (κ1) is 22.5. The summed E-state index contributed by atoms with van der Waals surface area (Å²) < 4.78 is 1.80. The highest BCUT2D eigenvalue weighted by Crippen LogP contribution is 2.68. The molecule has 0 radical (unpaired) electrons. The van der Waals surface area contributed by atoms with Crippen LogP contribution < -0.4 is 0 Å². The molecule has 5 heteroatoms. The molecule has 2 aromatic rings. The van der Waals surface area contributed by atoms with Crippen molar-refractivity contribution >= 4 is 16.8 Å². The van der Waals surface area contributed by atoms with E-state index in [-0.39, 0.29) is 17.4 Å². The SMILES string of the molecule is C[C@@H](C(=O)[C@H]1CC[C@H]2[C@@H]3CC[C@H]4C[C@](C)(O)CC[C@]4(C)[C@H]3CC[C@]12C)n1nnc2c#cccc21. The van der Waals surface area contributed by atoms with E-state index in [1.165, 1.54) is 25.7 Å². The predicted molar refractivity (Wildman–Crippen MR) is 131 cm³/mol. The van der Waals surface area contributed by atoms with E-state index in [4.69, 9.17) is 0 Å². The summed E-state index contributed by atoms with van der Waals surface area (Å²) in [6, 6.07) is 9.37. The molecular weight excluding hydrogens is 422 g/mol. The number of carbonyl (C=O) groups excluding carboxylic acids is 1. The number of fused-ring (bicyclic) bond motifs is 6. The van der Waals surface area contributed by atoms with Gasteiger partial charge in [0.2, 0.25) is 0 Å². The Bertz CT molecular complexity index is 1110. The van der Waals surface area contributed by atoms with Crippen molar-refractivity contribution < 1.29 is 9.90 Å². The van der Waals surface area contributed by atoms with Gasteiger partial charge in [0.05, 0.1) is 11.1 Å². The van der Waals surface area contributed by atoms with E-state index in [1.807, 2.05) is 26.0 Å². The largest absolute Gasteiger partial charge is 0.390 e. The van der Waals surface area contributed by atoms with Crippen LogP contribution in [0.2, 0.25) is 0 Å². The van der Waals surface area contributed by atoms with Crippen molar-refractivity contribution in [1.29, 1.82) is 0 Å². The molecule has 0 aliphatic heterocycles. The summed E-state index contributed by atoms with van der Waals surface area (Å²) in [6.07, 6.45) is 10.2. The van der Waals surface area contributed by atoms with Gasteiger partial charge >= 0.3 is 0 Å². The van der Waals surface area contributed by atoms with E-state index < -0.39 is 5.60 Å². The third-order valence-corrected chi connectivity index (χ3v) is 11.3. The molecular formula is C29H39N3O2. The second-order valence-corrected chi connectivity index (χ2v) is 13.0. The van der Waals surface area contributed by atoms with Crippen LogP contribution in [0.15, 0.2) is 12.1 Å². The Hall–Kier alpha value is -1.93. The van der Waals surface area contributed by atoms with E-state index >= 15 is 0 Å². The minimum Gasteiger partial charge on any atom is -0.390 e. The minimum absolute atomic E-state index is 0.0894. The molecule has 1 aromatic heterocycles. The second kappa shape index (κ2) is 7.53. The minimum atomic E-state index is -0.484. The number of carbonyl (C=O) groups is 1. The highest BCUT2D eigenvalue weighted by Gasteiger charge is 2.62. The van der Waals surface area contributed by atoms with Crippen LogP contribution in [0.3, 0.4) is 0 Å². The van der Waals surface area contributed by atoms with Gasteiger partial charge < -0.3 is 5.11 Å².